The second-order valence-electron chi connectivity index (χ2n) is 5.77. The highest BCUT2D eigenvalue weighted by Crippen LogP contribution is 2.33. The molecule has 0 spiro atoms. The van der Waals surface area contributed by atoms with Crippen LogP contribution in [-0.2, 0) is 18.6 Å². The molecule has 23 heavy (non-hydrogen) atoms. The number of aryl methyl sites for hydroxylation is 2. The Kier molecular flexibility index (Phi) is 5.38. The lowest BCUT2D eigenvalue weighted by molar-refractivity contribution is 0.700. The summed E-state index contributed by atoms with van der Waals surface area (Å²) in [6, 6.07) is 0. The van der Waals surface area contributed by atoms with Crippen LogP contribution >= 0.6 is 23.1 Å². The van der Waals surface area contributed by atoms with Gasteiger partial charge in [0.2, 0.25) is 0 Å². The van der Waals surface area contributed by atoms with E-state index in [1.165, 1.54) is 35.0 Å². The molecule has 2 aromatic rings. The normalized spacial score (nSPS) is 15.1. The number of nitrogens with one attached hydrogen (secondary N) is 1. The van der Waals surface area contributed by atoms with Gasteiger partial charge in [-0.2, -0.15) is 0 Å². The quantitative estimate of drug-likeness (QED) is 0.493. The van der Waals surface area contributed by atoms with E-state index in [0.717, 1.165) is 42.4 Å². The van der Waals surface area contributed by atoms with Gasteiger partial charge in [0.1, 0.15) is 10.7 Å². The van der Waals surface area contributed by atoms with Crippen molar-refractivity contribution in [2.75, 3.05) is 6.54 Å². The highest BCUT2D eigenvalue weighted by atomic mass is 32.2. The molecule has 0 amide bonds. The van der Waals surface area contributed by atoms with Gasteiger partial charge in [-0.05, 0) is 37.7 Å². The van der Waals surface area contributed by atoms with Crippen LogP contribution in [0.5, 0.6) is 0 Å². The van der Waals surface area contributed by atoms with E-state index in [9.17, 15) is 4.79 Å². The molecule has 0 unspecified atom stereocenters. The van der Waals surface area contributed by atoms with E-state index in [1.807, 2.05) is 0 Å². The van der Waals surface area contributed by atoms with Gasteiger partial charge in [0.25, 0.3) is 5.56 Å². The summed E-state index contributed by atoms with van der Waals surface area (Å²) in [5.41, 5.74) is 7.11. The summed E-state index contributed by atoms with van der Waals surface area (Å²) in [5, 5.41) is 1.37. The fourth-order valence-electron chi connectivity index (χ4n) is 2.81. The molecule has 3 rings (SSSR count). The van der Waals surface area contributed by atoms with Crippen LogP contribution in [0, 0.1) is 0 Å². The molecule has 0 aliphatic heterocycles. The SMILES string of the molecule is CCCCN=C(N)SCc1nc2sc3c(c2c(=O)[nH]1)CCCC3. The Hall–Kier alpha value is -1.34. The zero-order valence-electron chi connectivity index (χ0n) is 13.4. The molecule has 1 aliphatic carbocycles. The summed E-state index contributed by atoms with van der Waals surface area (Å²) in [5.74, 6) is 1.23. The van der Waals surface area contributed by atoms with Crippen LogP contribution in [0.4, 0.5) is 0 Å². The Morgan fingerprint density at radius 3 is 3.09 bits per heavy atom. The van der Waals surface area contributed by atoms with E-state index < -0.39 is 0 Å². The average Bonchev–Trinajstić information content (AvgIpc) is 2.92. The molecule has 0 atom stereocenters. The molecule has 0 fully saturated rings. The lowest BCUT2D eigenvalue weighted by Crippen LogP contribution is -2.14. The Balaban J connectivity index is 1.78. The van der Waals surface area contributed by atoms with Crippen LogP contribution in [0.3, 0.4) is 0 Å². The number of aromatic nitrogens is 2. The molecule has 124 valence electrons. The Morgan fingerprint density at radius 2 is 2.26 bits per heavy atom. The van der Waals surface area contributed by atoms with E-state index >= 15 is 0 Å². The molecule has 2 aromatic heterocycles. The van der Waals surface area contributed by atoms with Crippen LogP contribution in [0.1, 0.15) is 48.9 Å². The molecule has 0 bridgehead atoms. The predicted molar refractivity (Wildman–Crippen MR) is 99.6 cm³/mol. The molecule has 0 saturated heterocycles. The summed E-state index contributed by atoms with van der Waals surface area (Å²) in [6.45, 7) is 2.89. The van der Waals surface area contributed by atoms with Gasteiger partial charge >= 0.3 is 0 Å². The molecular weight excluding hydrogens is 328 g/mol. The van der Waals surface area contributed by atoms with Gasteiger partial charge in [0, 0.05) is 11.4 Å². The zero-order valence-corrected chi connectivity index (χ0v) is 15.0. The number of H-pyrrole nitrogens is 1. The monoisotopic (exact) mass is 350 g/mol. The summed E-state index contributed by atoms with van der Waals surface area (Å²) in [7, 11) is 0. The third-order valence-electron chi connectivity index (χ3n) is 4.01. The second kappa shape index (κ2) is 7.49. The van der Waals surface area contributed by atoms with E-state index in [0.29, 0.717) is 16.7 Å². The third-order valence-corrected chi connectivity index (χ3v) is 6.04. The second-order valence-corrected chi connectivity index (χ2v) is 7.85. The van der Waals surface area contributed by atoms with Gasteiger partial charge in [-0.15, -0.1) is 11.3 Å². The highest BCUT2D eigenvalue weighted by molar-refractivity contribution is 8.13. The first kappa shape index (κ1) is 16.5. The first-order chi connectivity index (χ1) is 11.2. The number of hydrogen-bond donors (Lipinski definition) is 2. The molecule has 0 aromatic carbocycles. The minimum atomic E-state index is -0.00788. The average molecular weight is 351 g/mol. The van der Waals surface area contributed by atoms with E-state index in [1.54, 1.807) is 11.3 Å². The van der Waals surface area contributed by atoms with Crippen molar-refractivity contribution in [3.05, 3.63) is 26.6 Å². The number of fused-ring (bicyclic) bond motifs is 3. The fraction of sp³-hybridized carbons (Fsp3) is 0.562. The maximum absolute atomic E-state index is 12.4. The highest BCUT2D eigenvalue weighted by Gasteiger charge is 2.19. The van der Waals surface area contributed by atoms with Gasteiger partial charge in [-0.3, -0.25) is 9.79 Å². The number of aliphatic imine (C=N–C) groups is 1. The number of nitrogens with zero attached hydrogens (tertiary/aromatic N) is 2. The third kappa shape index (κ3) is 3.77. The number of unbranched alkanes of at least 4 members (excludes halogenated alkanes) is 1. The van der Waals surface area contributed by atoms with E-state index in [2.05, 4.69) is 21.9 Å². The van der Waals surface area contributed by atoms with E-state index in [-0.39, 0.29) is 5.56 Å². The summed E-state index contributed by atoms with van der Waals surface area (Å²) >= 11 is 3.11. The number of rotatable bonds is 5. The molecule has 2 heterocycles. The van der Waals surface area contributed by atoms with Gasteiger partial charge in [-0.25, -0.2) is 4.98 Å². The number of hydrogen-bond acceptors (Lipinski definition) is 5. The van der Waals surface area contributed by atoms with Crippen LogP contribution in [0.15, 0.2) is 9.79 Å². The Labute approximate surface area is 143 Å². The smallest absolute Gasteiger partial charge is 0.259 e. The molecule has 7 heteroatoms. The maximum atomic E-state index is 12.4. The van der Waals surface area contributed by atoms with Crippen LogP contribution < -0.4 is 11.3 Å². The van der Waals surface area contributed by atoms with Crippen molar-refractivity contribution < 1.29 is 0 Å². The van der Waals surface area contributed by atoms with Crippen molar-refractivity contribution in [3.8, 4) is 0 Å². The minimum Gasteiger partial charge on any atom is -0.379 e. The van der Waals surface area contributed by atoms with Crippen molar-refractivity contribution >= 4 is 38.5 Å². The molecule has 5 nitrogen and oxygen atoms in total. The Bertz CT molecular complexity index is 778. The minimum absolute atomic E-state index is 0.00788. The molecule has 0 saturated carbocycles. The van der Waals surface area contributed by atoms with Crippen molar-refractivity contribution in [1.82, 2.24) is 9.97 Å². The topological polar surface area (TPSA) is 84.1 Å². The number of aromatic amines is 1. The first-order valence-electron chi connectivity index (χ1n) is 8.15. The largest absolute Gasteiger partial charge is 0.379 e. The molecule has 3 N–H and O–H groups in total. The summed E-state index contributed by atoms with van der Waals surface area (Å²) < 4.78 is 0. The van der Waals surface area contributed by atoms with Crippen molar-refractivity contribution in [2.45, 2.75) is 51.2 Å². The number of nitrogens with two attached hydrogens (primary N) is 1. The van der Waals surface area contributed by atoms with Crippen molar-refractivity contribution in [2.24, 2.45) is 10.7 Å². The predicted octanol–water partition coefficient (Wildman–Crippen LogP) is 3.21. The first-order valence-corrected chi connectivity index (χ1v) is 9.95. The molecule has 0 radical (unpaired) electrons. The standard InChI is InChI=1S/C16H22N4OS2/c1-2-3-8-18-16(17)22-9-12-19-14(21)13-10-6-4-5-7-11(10)23-15(13)20-12/h2-9H2,1H3,(H2,17,18)(H,19,20,21). The zero-order chi connectivity index (χ0) is 16.2. The number of thioether (sulfide) groups is 1. The molecular formula is C16H22N4OS2. The van der Waals surface area contributed by atoms with Gasteiger partial charge in [0.15, 0.2) is 5.17 Å². The van der Waals surface area contributed by atoms with Crippen molar-refractivity contribution in [1.29, 1.82) is 0 Å². The van der Waals surface area contributed by atoms with E-state index in [4.69, 9.17) is 5.73 Å². The van der Waals surface area contributed by atoms with Crippen LogP contribution in [-0.4, -0.2) is 21.7 Å². The number of amidine groups is 1. The molecule has 1 aliphatic rings. The van der Waals surface area contributed by atoms with Gasteiger partial charge in [-0.1, -0.05) is 25.1 Å². The Morgan fingerprint density at radius 1 is 1.43 bits per heavy atom. The summed E-state index contributed by atoms with van der Waals surface area (Å²) in [6.07, 6.45) is 6.62. The fourth-order valence-corrected chi connectivity index (χ4v) is 4.70. The van der Waals surface area contributed by atoms with Crippen molar-refractivity contribution in [3.63, 3.8) is 0 Å². The van der Waals surface area contributed by atoms with Crippen LogP contribution in [0.25, 0.3) is 10.2 Å². The number of thiophene rings is 1. The van der Waals surface area contributed by atoms with Gasteiger partial charge in [0.05, 0.1) is 11.1 Å². The van der Waals surface area contributed by atoms with Crippen LogP contribution in [0.2, 0.25) is 0 Å². The van der Waals surface area contributed by atoms with Gasteiger partial charge < -0.3 is 10.7 Å². The summed E-state index contributed by atoms with van der Waals surface area (Å²) in [4.78, 5) is 26.5. The lowest BCUT2D eigenvalue weighted by atomic mass is 9.97. The maximum Gasteiger partial charge on any atom is 0.259 e. The lowest BCUT2D eigenvalue weighted by Gasteiger charge is -2.09.